The zero-order valence-corrected chi connectivity index (χ0v) is 13.2. The van der Waals surface area contributed by atoms with Crippen molar-refractivity contribution in [3.63, 3.8) is 0 Å². The van der Waals surface area contributed by atoms with Crippen LogP contribution in [0.1, 0.15) is 18.4 Å². The van der Waals surface area contributed by atoms with Crippen LogP contribution in [-0.2, 0) is 26.0 Å². The van der Waals surface area contributed by atoms with Gasteiger partial charge >= 0.3 is 5.97 Å². The van der Waals surface area contributed by atoms with E-state index in [2.05, 4.69) is 4.72 Å². The lowest BCUT2D eigenvalue weighted by Gasteiger charge is -2.46. The highest BCUT2D eigenvalue weighted by Crippen LogP contribution is 2.46. The fourth-order valence-corrected chi connectivity index (χ4v) is 4.11. The van der Waals surface area contributed by atoms with Gasteiger partial charge in [0.1, 0.15) is 0 Å². The summed E-state index contributed by atoms with van der Waals surface area (Å²) in [4.78, 5) is 10.5. The van der Waals surface area contributed by atoms with Crippen LogP contribution in [0.15, 0.2) is 29.2 Å². The first kappa shape index (κ1) is 17.8. The van der Waals surface area contributed by atoms with Crippen molar-refractivity contribution in [3.05, 3.63) is 29.8 Å². The topological polar surface area (TPSA) is 92.7 Å². The van der Waals surface area contributed by atoms with Gasteiger partial charge in [0.05, 0.1) is 23.5 Å². The summed E-state index contributed by atoms with van der Waals surface area (Å²) >= 11 is 0. The van der Waals surface area contributed by atoms with Crippen LogP contribution in [0.25, 0.3) is 0 Å². The van der Waals surface area contributed by atoms with E-state index in [9.17, 15) is 22.0 Å². The third-order valence-corrected chi connectivity index (χ3v) is 5.15. The molecule has 0 radical (unpaired) electrons. The van der Waals surface area contributed by atoms with Crippen molar-refractivity contribution in [1.29, 1.82) is 0 Å². The first-order valence-electron chi connectivity index (χ1n) is 6.79. The minimum atomic E-state index is -4.01. The van der Waals surface area contributed by atoms with Crippen LogP contribution in [0.4, 0.5) is 8.78 Å². The fraction of sp³-hybridized carbons (Fsp3) is 0.500. The molecule has 0 unspecified atom stereocenters. The minimum Gasteiger partial charge on any atom is -0.481 e. The third kappa shape index (κ3) is 4.24. The van der Waals surface area contributed by atoms with Gasteiger partial charge < -0.3 is 9.84 Å². The highest BCUT2D eigenvalue weighted by atomic mass is 32.2. The number of benzene rings is 1. The maximum atomic E-state index is 13.2. The second-order valence-electron chi connectivity index (χ2n) is 5.74. The first-order chi connectivity index (χ1) is 10.6. The van der Waals surface area contributed by atoms with Crippen LogP contribution in [0.5, 0.6) is 0 Å². The predicted octanol–water partition coefficient (Wildman–Crippen LogP) is 1.41. The third-order valence-electron chi connectivity index (χ3n) is 3.55. The maximum Gasteiger partial charge on any atom is 0.307 e. The highest BCUT2D eigenvalue weighted by Gasteiger charge is 2.58. The van der Waals surface area contributed by atoms with E-state index < -0.39 is 40.3 Å². The van der Waals surface area contributed by atoms with Gasteiger partial charge in [-0.3, -0.25) is 4.79 Å². The number of carboxylic acid groups (broad SMARTS) is 1. The molecule has 9 heteroatoms. The Morgan fingerprint density at radius 2 is 1.87 bits per heavy atom. The Bertz CT molecular complexity index is 680. The van der Waals surface area contributed by atoms with Crippen LogP contribution in [0, 0.1) is 0 Å². The van der Waals surface area contributed by atoms with E-state index in [0.29, 0.717) is 5.56 Å². The molecule has 0 atom stereocenters. The fourth-order valence-electron chi connectivity index (χ4n) is 2.72. The Balaban J connectivity index is 2.16. The van der Waals surface area contributed by atoms with Crippen molar-refractivity contribution >= 4 is 16.0 Å². The number of alkyl halides is 2. The van der Waals surface area contributed by atoms with Gasteiger partial charge in [0, 0.05) is 20.0 Å². The molecular weight excluding hydrogens is 332 g/mol. The lowest BCUT2D eigenvalue weighted by atomic mass is 9.75. The number of carboxylic acids is 1. The van der Waals surface area contributed by atoms with E-state index >= 15 is 0 Å². The Kier molecular flexibility index (Phi) is 4.74. The quantitative estimate of drug-likeness (QED) is 0.776. The maximum absolute atomic E-state index is 13.2. The van der Waals surface area contributed by atoms with Gasteiger partial charge in [-0.05, 0) is 17.7 Å². The normalized spacial score (nSPS) is 19.1. The molecule has 1 aliphatic carbocycles. The Morgan fingerprint density at radius 3 is 2.30 bits per heavy atom. The molecule has 128 valence electrons. The molecule has 0 spiro atoms. The van der Waals surface area contributed by atoms with Crippen molar-refractivity contribution in [2.75, 3.05) is 13.7 Å². The van der Waals surface area contributed by atoms with Gasteiger partial charge in [-0.2, -0.15) is 0 Å². The summed E-state index contributed by atoms with van der Waals surface area (Å²) in [7, 11) is -2.69. The van der Waals surface area contributed by atoms with E-state index in [1.807, 2.05) is 0 Å². The summed E-state index contributed by atoms with van der Waals surface area (Å²) < 4.78 is 58.1. The Labute approximate surface area is 132 Å². The second kappa shape index (κ2) is 6.14. The second-order valence-corrected chi connectivity index (χ2v) is 7.43. The SMILES string of the molecule is COCC1(NS(=O)(=O)c2ccc(CC(=O)O)cc2)CC(F)(F)C1. The molecule has 1 saturated carbocycles. The van der Waals surface area contributed by atoms with Crippen molar-refractivity contribution in [2.45, 2.75) is 35.6 Å². The number of methoxy groups -OCH3 is 1. The van der Waals surface area contributed by atoms with Gasteiger partial charge in [-0.1, -0.05) is 12.1 Å². The zero-order valence-electron chi connectivity index (χ0n) is 12.4. The molecule has 0 aromatic heterocycles. The standard InChI is InChI=1S/C14H17F2NO5S/c1-22-9-13(7-14(15,16)8-13)17-23(20,21)11-4-2-10(3-5-11)6-12(18)19/h2-5,17H,6-9H2,1H3,(H,18,19). The van der Waals surface area contributed by atoms with Gasteiger partial charge in [-0.25, -0.2) is 21.9 Å². The molecular formula is C14H17F2NO5S. The van der Waals surface area contributed by atoms with Gasteiger partial charge in [-0.15, -0.1) is 0 Å². The smallest absolute Gasteiger partial charge is 0.307 e. The summed E-state index contributed by atoms with van der Waals surface area (Å²) in [5.74, 6) is -3.94. The summed E-state index contributed by atoms with van der Waals surface area (Å²) in [5.41, 5.74) is -0.880. The monoisotopic (exact) mass is 349 g/mol. The van der Waals surface area contributed by atoms with E-state index in [0.717, 1.165) is 0 Å². The average Bonchev–Trinajstić information content (AvgIpc) is 2.35. The van der Waals surface area contributed by atoms with Gasteiger partial charge in [0.2, 0.25) is 10.0 Å². The number of hydrogen-bond acceptors (Lipinski definition) is 4. The van der Waals surface area contributed by atoms with E-state index in [4.69, 9.17) is 9.84 Å². The van der Waals surface area contributed by atoms with Gasteiger partial charge in [0.15, 0.2) is 0 Å². The van der Waals surface area contributed by atoms with Crippen molar-refractivity contribution < 1.29 is 31.8 Å². The molecule has 0 heterocycles. The molecule has 2 rings (SSSR count). The van der Waals surface area contributed by atoms with Crippen LogP contribution in [0.2, 0.25) is 0 Å². The molecule has 1 aromatic carbocycles. The number of aliphatic carboxylic acids is 1. The zero-order chi connectivity index (χ0) is 17.3. The van der Waals surface area contributed by atoms with Crippen LogP contribution >= 0.6 is 0 Å². The van der Waals surface area contributed by atoms with Crippen LogP contribution in [-0.4, -0.2) is 44.7 Å². The predicted molar refractivity (Wildman–Crippen MR) is 76.9 cm³/mol. The first-order valence-corrected chi connectivity index (χ1v) is 8.27. The minimum absolute atomic E-state index is 0.114. The molecule has 6 nitrogen and oxygen atoms in total. The summed E-state index contributed by atoms with van der Waals surface area (Å²) in [6.07, 6.45) is -1.47. The summed E-state index contributed by atoms with van der Waals surface area (Å²) in [5, 5.41) is 8.68. The number of nitrogens with one attached hydrogen (secondary N) is 1. The number of sulfonamides is 1. The average molecular weight is 349 g/mol. The van der Waals surface area contributed by atoms with E-state index in [1.165, 1.54) is 31.4 Å². The number of halogens is 2. The van der Waals surface area contributed by atoms with Gasteiger partial charge in [0.25, 0.3) is 5.92 Å². The summed E-state index contributed by atoms with van der Waals surface area (Å²) in [6.45, 7) is -0.154. The van der Waals surface area contributed by atoms with Crippen molar-refractivity contribution in [2.24, 2.45) is 0 Å². The number of ether oxygens (including phenoxy) is 1. The summed E-state index contributed by atoms with van der Waals surface area (Å²) in [6, 6.07) is 5.25. The Hall–Kier alpha value is -1.58. The van der Waals surface area contributed by atoms with Crippen molar-refractivity contribution in [3.8, 4) is 0 Å². The molecule has 23 heavy (non-hydrogen) atoms. The number of hydrogen-bond donors (Lipinski definition) is 2. The molecule has 1 aliphatic rings. The van der Waals surface area contributed by atoms with E-state index in [1.54, 1.807) is 0 Å². The molecule has 0 aliphatic heterocycles. The number of carbonyl (C=O) groups is 1. The lowest BCUT2D eigenvalue weighted by Crippen LogP contribution is -2.64. The molecule has 1 aromatic rings. The Morgan fingerprint density at radius 1 is 1.30 bits per heavy atom. The number of rotatable bonds is 7. The van der Waals surface area contributed by atoms with Crippen molar-refractivity contribution in [1.82, 2.24) is 4.72 Å². The molecule has 2 N–H and O–H groups in total. The lowest BCUT2D eigenvalue weighted by molar-refractivity contribution is -0.143. The largest absolute Gasteiger partial charge is 0.481 e. The molecule has 0 bridgehead atoms. The molecule has 0 saturated heterocycles. The molecule has 0 amide bonds. The van der Waals surface area contributed by atoms with Crippen LogP contribution < -0.4 is 4.72 Å². The highest BCUT2D eigenvalue weighted by molar-refractivity contribution is 7.89. The van der Waals surface area contributed by atoms with E-state index in [-0.39, 0.29) is 17.9 Å². The van der Waals surface area contributed by atoms with Crippen LogP contribution in [0.3, 0.4) is 0 Å². The molecule has 1 fully saturated rings.